The number of unbranched alkanes of at least 4 members (excludes halogenated alkanes) is 1. The van der Waals surface area contributed by atoms with Gasteiger partial charge in [0.15, 0.2) is 0 Å². The number of benzene rings is 1. The molecule has 0 aliphatic heterocycles. The maximum Gasteiger partial charge on any atom is 0.0343 e. The van der Waals surface area contributed by atoms with Gasteiger partial charge in [-0.1, -0.05) is 58.4 Å². The van der Waals surface area contributed by atoms with Crippen LogP contribution in [0.3, 0.4) is 0 Å². The Labute approximate surface area is 107 Å². The summed E-state index contributed by atoms with van der Waals surface area (Å²) in [7, 11) is 0. The van der Waals surface area contributed by atoms with Crippen LogP contribution in [0.2, 0.25) is 0 Å². The Morgan fingerprint density at radius 3 is 2.18 bits per heavy atom. The highest BCUT2D eigenvalue weighted by atomic mass is 14.9. The minimum Gasteiger partial charge on any atom is -0.310 e. The highest BCUT2D eigenvalue weighted by Gasteiger charge is 2.13. The third-order valence-corrected chi connectivity index (χ3v) is 3.25. The van der Waals surface area contributed by atoms with Gasteiger partial charge < -0.3 is 5.32 Å². The molecule has 0 saturated carbocycles. The molecular weight excluding hydrogens is 206 g/mol. The van der Waals surface area contributed by atoms with Crippen LogP contribution in [0.4, 0.5) is 0 Å². The van der Waals surface area contributed by atoms with Crippen molar-refractivity contribution in [3.8, 4) is 0 Å². The number of hydrogen-bond donors (Lipinski definition) is 1. The van der Waals surface area contributed by atoms with Gasteiger partial charge in [-0.25, -0.2) is 0 Å². The fourth-order valence-corrected chi connectivity index (χ4v) is 2.23. The Morgan fingerprint density at radius 1 is 1.06 bits per heavy atom. The van der Waals surface area contributed by atoms with Crippen molar-refractivity contribution in [3.63, 3.8) is 0 Å². The zero-order valence-electron chi connectivity index (χ0n) is 11.8. The molecule has 17 heavy (non-hydrogen) atoms. The van der Waals surface area contributed by atoms with Crippen molar-refractivity contribution < 1.29 is 0 Å². The van der Waals surface area contributed by atoms with Crippen LogP contribution in [-0.4, -0.2) is 6.54 Å². The topological polar surface area (TPSA) is 12.0 Å². The smallest absolute Gasteiger partial charge is 0.0343 e. The molecule has 0 saturated heterocycles. The highest BCUT2D eigenvalue weighted by molar-refractivity contribution is 5.25. The minimum absolute atomic E-state index is 0.486. The van der Waals surface area contributed by atoms with Crippen LogP contribution in [0.5, 0.6) is 0 Å². The summed E-state index contributed by atoms with van der Waals surface area (Å²) in [5.41, 5.74) is 2.89. The number of nitrogens with one attached hydrogen (secondary N) is 1. The Bertz CT molecular complexity index is 300. The summed E-state index contributed by atoms with van der Waals surface area (Å²) in [6.45, 7) is 10.00. The fraction of sp³-hybridized carbons (Fsp3) is 0.625. The lowest BCUT2D eigenvalue weighted by Gasteiger charge is -2.22. The molecule has 0 aliphatic carbocycles. The molecule has 1 atom stereocenters. The Kier molecular flexibility index (Phi) is 6.28. The van der Waals surface area contributed by atoms with Crippen molar-refractivity contribution in [3.05, 3.63) is 35.4 Å². The van der Waals surface area contributed by atoms with Gasteiger partial charge in [0.2, 0.25) is 0 Å². The molecule has 1 aromatic carbocycles. The molecule has 1 unspecified atom stereocenters. The molecule has 1 rings (SSSR count). The molecule has 0 aliphatic rings. The molecule has 1 aromatic rings. The Balaban J connectivity index is 2.70. The maximum absolute atomic E-state index is 3.56. The van der Waals surface area contributed by atoms with Gasteiger partial charge in [0.1, 0.15) is 0 Å². The van der Waals surface area contributed by atoms with Crippen LogP contribution < -0.4 is 5.32 Å². The van der Waals surface area contributed by atoms with Gasteiger partial charge in [-0.2, -0.15) is 0 Å². The first-order valence-corrected chi connectivity index (χ1v) is 7.01. The van der Waals surface area contributed by atoms with E-state index in [9.17, 15) is 0 Å². The van der Waals surface area contributed by atoms with E-state index in [0.29, 0.717) is 12.0 Å². The van der Waals surface area contributed by atoms with Crippen LogP contribution in [0.1, 0.15) is 57.7 Å². The summed E-state index contributed by atoms with van der Waals surface area (Å²) in [6.07, 6.45) is 3.78. The quantitative estimate of drug-likeness (QED) is 0.739. The summed E-state index contributed by atoms with van der Waals surface area (Å²) >= 11 is 0. The molecule has 1 N–H and O–H groups in total. The van der Waals surface area contributed by atoms with E-state index in [0.717, 1.165) is 6.54 Å². The fourth-order valence-electron chi connectivity index (χ4n) is 2.23. The van der Waals surface area contributed by atoms with Gasteiger partial charge in [-0.15, -0.1) is 0 Å². The second-order valence-corrected chi connectivity index (χ2v) is 5.12. The van der Waals surface area contributed by atoms with E-state index >= 15 is 0 Å². The predicted molar refractivity (Wildman–Crippen MR) is 76.3 cm³/mol. The molecule has 0 aromatic heterocycles. The third kappa shape index (κ3) is 4.51. The largest absolute Gasteiger partial charge is 0.310 e. The van der Waals surface area contributed by atoms with Gasteiger partial charge in [0.25, 0.3) is 0 Å². The average Bonchev–Trinajstić information content (AvgIpc) is 2.34. The van der Waals surface area contributed by atoms with Crippen LogP contribution in [-0.2, 0) is 6.42 Å². The predicted octanol–water partition coefficient (Wildman–Crippen LogP) is 4.34. The SMILES string of the molecule is CCCCc1ccc(C(NCC)C(C)C)cc1. The average molecular weight is 233 g/mol. The van der Waals surface area contributed by atoms with Gasteiger partial charge in [-0.3, -0.25) is 0 Å². The first-order valence-electron chi connectivity index (χ1n) is 7.01. The van der Waals surface area contributed by atoms with E-state index in [4.69, 9.17) is 0 Å². The zero-order chi connectivity index (χ0) is 12.7. The van der Waals surface area contributed by atoms with Crippen molar-refractivity contribution in [2.24, 2.45) is 5.92 Å². The Hall–Kier alpha value is -0.820. The van der Waals surface area contributed by atoms with Crippen molar-refractivity contribution in [1.29, 1.82) is 0 Å². The summed E-state index contributed by atoms with van der Waals surface area (Å²) < 4.78 is 0. The first kappa shape index (κ1) is 14.2. The second kappa shape index (κ2) is 7.50. The number of aryl methyl sites for hydroxylation is 1. The van der Waals surface area contributed by atoms with Crippen LogP contribution in [0.25, 0.3) is 0 Å². The molecular formula is C16H27N. The second-order valence-electron chi connectivity index (χ2n) is 5.12. The van der Waals surface area contributed by atoms with Gasteiger partial charge in [-0.05, 0) is 36.4 Å². The first-order chi connectivity index (χ1) is 8.19. The summed E-state index contributed by atoms with van der Waals surface area (Å²) in [4.78, 5) is 0. The van der Waals surface area contributed by atoms with Gasteiger partial charge in [0, 0.05) is 6.04 Å². The highest BCUT2D eigenvalue weighted by Crippen LogP contribution is 2.22. The van der Waals surface area contributed by atoms with E-state index in [-0.39, 0.29) is 0 Å². The van der Waals surface area contributed by atoms with Crippen molar-refractivity contribution in [2.45, 2.75) is 53.0 Å². The molecule has 0 radical (unpaired) electrons. The summed E-state index contributed by atoms with van der Waals surface area (Å²) in [5, 5.41) is 3.56. The standard InChI is InChI=1S/C16H27N/c1-5-7-8-14-9-11-15(12-10-14)16(13(3)4)17-6-2/h9-13,16-17H,5-8H2,1-4H3. The van der Waals surface area contributed by atoms with Crippen molar-refractivity contribution in [1.82, 2.24) is 5.32 Å². The Morgan fingerprint density at radius 2 is 1.71 bits per heavy atom. The lowest BCUT2D eigenvalue weighted by Crippen LogP contribution is -2.25. The lowest BCUT2D eigenvalue weighted by molar-refractivity contribution is 0.421. The van der Waals surface area contributed by atoms with Crippen LogP contribution >= 0.6 is 0 Å². The maximum atomic E-state index is 3.56. The third-order valence-electron chi connectivity index (χ3n) is 3.25. The molecule has 1 nitrogen and oxygen atoms in total. The molecule has 0 bridgehead atoms. The molecule has 96 valence electrons. The molecule has 1 heteroatoms. The van der Waals surface area contributed by atoms with Crippen molar-refractivity contribution in [2.75, 3.05) is 6.54 Å². The van der Waals surface area contributed by atoms with E-state index in [1.54, 1.807) is 0 Å². The van der Waals surface area contributed by atoms with Crippen LogP contribution in [0, 0.1) is 5.92 Å². The van der Waals surface area contributed by atoms with E-state index in [2.05, 4.69) is 57.3 Å². The molecule has 0 spiro atoms. The molecule has 0 heterocycles. The summed E-state index contributed by atoms with van der Waals surface area (Å²) in [6, 6.07) is 9.65. The van der Waals surface area contributed by atoms with E-state index in [1.165, 1.54) is 30.4 Å². The van der Waals surface area contributed by atoms with E-state index < -0.39 is 0 Å². The zero-order valence-corrected chi connectivity index (χ0v) is 11.8. The number of rotatable bonds is 7. The lowest BCUT2D eigenvalue weighted by atomic mass is 9.94. The normalized spacial score (nSPS) is 13.0. The molecule has 0 fully saturated rings. The minimum atomic E-state index is 0.486. The molecule has 0 amide bonds. The van der Waals surface area contributed by atoms with E-state index in [1.807, 2.05) is 0 Å². The summed E-state index contributed by atoms with van der Waals surface area (Å²) in [5.74, 6) is 0.636. The van der Waals surface area contributed by atoms with Gasteiger partial charge in [0.05, 0.1) is 0 Å². The van der Waals surface area contributed by atoms with Crippen LogP contribution in [0.15, 0.2) is 24.3 Å². The number of hydrogen-bond acceptors (Lipinski definition) is 1. The van der Waals surface area contributed by atoms with Crippen molar-refractivity contribution >= 4 is 0 Å². The van der Waals surface area contributed by atoms with Gasteiger partial charge >= 0.3 is 0 Å². The monoisotopic (exact) mass is 233 g/mol.